The quantitative estimate of drug-likeness (QED) is 0.181. The summed E-state index contributed by atoms with van der Waals surface area (Å²) in [5, 5.41) is 11.7. The SMILES string of the molecule is CC(C)Oc1ccc(NC(=NCCc2cccs2)NCCNC(=O)C2CC2)cc1.I. The molecule has 1 aromatic carbocycles. The third kappa shape index (κ3) is 8.91. The lowest BCUT2D eigenvalue weighted by Crippen LogP contribution is -2.38. The second kappa shape index (κ2) is 12.8. The van der Waals surface area contributed by atoms with Crippen LogP contribution in [0.1, 0.15) is 31.6 Å². The van der Waals surface area contributed by atoms with Crippen LogP contribution in [0.25, 0.3) is 0 Å². The number of nitrogens with one attached hydrogen (secondary N) is 3. The average molecular weight is 542 g/mol. The van der Waals surface area contributed by atoms with Gasteiger partial charge in [0.25, 0.3) is 0 Å². The van der Waals surface area contributed by atoms with Gasteiger partial charge in [0.15, 0.2) is 5.96 Å². The van der Waals surface area contributed by atoms with Crippen LogP contribution < -0.4 is 20.7 Å². The third-order valence-corrected chi connectivity index (χ3v) is 5.30. The van der Waals surface area contributed by atoms with E-state index in [0.717, 1.165) is 30.7 Å². The Morgan fingerprint density at radius 2 is 1.90 bits per heavy atom. The average Bonchev–Trinajstić information content (AvgIpc) is 3.43. The van der Waals surface area contributed by atoms with Crippen molar-refractivity contribution in [2.24, 2.45) is 10.9 Å². The molecule has 2 aromatic rings. The first-order chi connectivity index (χ1) is 14.1. The first-order valence-electron chi connectivity index (χ1n) is 10.2. The first kappa shape index (κ1) is 24.5. The summed E-state index contributed by atoms with van der Waals surface area (Å²) in [6, 6.07) is 12.0. The number of rotatable bonds is 10. The van der Waals surface area contributed by atoms with E-state index in [9.17, 15) is 4.79 Å². The number of amides is 1. The van der Waals surface area contributed by atoms with E-state index in [1.54, 1.807) is 11.3 Å². The van der Waals surface area contributed by atoms with Crippen LogP contribution in [-0.2, 0) is 11.2 Å². The van der Waals surface area contributed by atoms with Crippen molar-refractivity contribution in [3.63, 3.8) is 0 Å². The summed E-state index contributed by atoms with van der Waals surface area (Å²) >= 11 is 1.75. The second-order valence-electron chi connectivity index (χ2n) is 7.37. The lowest BCUT2D eigenvalue weighted by atomic mass is 10.3. The highest BCUT2D eigenvalue weighted by Gasteiger charge is 2.28. The van der Waals surface area contributed by atoms with Crippen molar-refractivity contribution < 1.29 is 9.53 Å². The van der Waals surface area contributed by atoms with Crippen molar-refractivity contribution in [2.45, 2.75) is 39.2 Å². The zero-order valence-corrected chi connectivity index (χ0v) is 20.7. The van der Waals surface area contributed by atoms with E-state index in [2.05, 4.69) is 38.5 Å². The molecule has 1 saturated carbocycles. The molecule has 3 N–H and O–H groups in total. The van der Waals surface area contributed by atoms with Gasteiger partial charge in [-0.3, -0.25) is 9.79 Å². The summed E-state index contributed by atoms with van der Waals surface area (Å²) in [4.78, 5) is 17.8. The first-order valence-corrected chi connectivity index (χ1v) is 11.1. The Labute approximate surface area is 199 Å². The van der Waals surface area contributed by atoms with Gasteiger partial charge in [0.05, 0.1) is 6.10 Å². The summed E-state index contributed by atoms with van der Waals surface area (Å²) in [7, 11) is 0. The summed E-state index contributed by atoms with van der Waals surface area (Å²) < 4.78 is 5.69. The van der Waals surface area contributed by atoms with E-state index >= 15 is 0 Å². The van der Waals surface area contributed by atoms with Crippen LogP contribution in [0, 0.1) is 5.92 Å². The van der Waals surface area contributed by atoms with E-state index in [0.29, 0.717) is 25.6 Å². The maximum atomic E-state index is 11.8. The summed E-state index contributed by atoms with van der Waals surface area (Å²) in [6.07, 6.45) is 3.10. The largest absolute Gasteiger partial charge is 0.491 e. The second-order valence-corrected chi connectivity index (χ2v) is 8.40. The van der Waals surface area contributed by atoms with Gasteiger partial charge in [-0.25, -0.2) is 0 Å². The van der Waals surface area contributed by atoms with Gasteiger partial charge in [-0.1, -0.05) is 6.07 Å². The van der Waals surface area contributed by atoms with Crippen molar-refractivity contribution in [1.29, 1.82) is 0 Å². The van der Waals surface area contributed by atoms with Crippen LogP contribution in [0.5, 0.6) is 5.75 Å². The molecule has 0 radical (unpaired) electrons. The number of nitrogens with zero attached hydrogens (tertiary/aromatic N) is 1. The summed E-state index contributed by atoms with van der Waals surface area (Å²) in [6.45, 7) is 5.92. The fourth-order valence-electron chi connectivity index (χ4n) is 2.75. The zero-order chi connectivity index (χ0) is 20.5. The lowest BCUT2D eigenvalue weighted by Gasteiger charge is -2.14. The Hall–Kier alpha value is -1.81. The van der Waals surface area contributed by atoms with Crippen LogP contribution >= 0.6 is 35.3 Å². The molecule has 1 fully saturated rings. The number of thiophene rings is 1. The van der Waals surface area contributed by atoms with Gasteiger partial charge in [0.1, 0.15) is 5.75 Å². The molecular weight excluding hydrogens is 511 g/mol. The molecule has 3 rings (SSSR count). The molecule has 1 aliphatic rings. The van der Waals surface area contributed by atoms with Gasteiger partial charge < -0.3 is 20.7 Å². The predicted molar refractivity (Wildman–Crippen MR) is 135 cm³/mol. The van der Waals surface area contributed by atoms with Crippen LogP contribution in [-0.4, -0.2) is 37.6 Å². The number of carbonyl (C=O) groups is 1. The molecule has 6 nitrogen and oxygen atoms in total. The zero-order valence-electron chi connectivity index (χ0n) is 17.5. The minimum atomic E-state index is 0. The van der Waals surface area contributed by atoms with E-state index in [1.807, 2.05) is 38.1 Å². The summed E-state index contributed by atoms with van der Waals surface area (Å²) in [5.41, 5.74) is 0.936. The van der Waals surface area contributed by atoms with Crippen LogP contribution in [0.3, 0.4) is 0 Å². The highest BCUT2D eigenvalue weighted by Crippen LogP contribution is 2.28. The molecule has 0 bridgehead atoms. The third-order valence-electron chi connectivity index (χ3n) is 4.36. The Kier molecular flexibility index (Phi) is 10.4. The molecular formula is C22H31IN4O2S. The van der Waals surface area contributed by atoms with E-state index in [4.69, 9.17) is 4.74 Å². The molecule has 1 aliphatic carbocycles. The van der Waals surface area contributed by atoms with Crippen molar-refractivity contribution >= 4 is 52.9 Å². The highest BCUT2D eigenvalue weighted by molar-refractivity contribution is 14.0. The number of halogens is 1. The molecule has 0 atom stereocenters. The number of anilines is 1. The molecule has 1 heterocycles. The number of ether oxygens (including phenoxy) is 1. The summed E-state index contributed by atoms with van der Waals surface area (Å²) in [5.74, 6) is 1.95. The Morgan fingerprint density at radius 1 is 1.17 bits per heavy atom. The maximum absolute atomic E-state index is 11.8. The number of hydrogen-bond donors (Lipinski definition) is 3. The lowest BCUT2D eigenvalue weighted by molar-refractivity contribution is -0.122. The molecule has 0 aliphatic heterocycles. The Balaban J connectivity index is 0.00000320. The smallest absolute Gasteiger partial charge is 0.223 e. The van der Waals surface area contributed by atoms with E-state index in [-0.39, 0.29) is 41.9 Å². The Bertz CT molecular complexity index is 790. The molecule has 0 saturated heterocycles. The van der Waals surface area contributed by atoms with Crippen molar-refractivity contribution in [1.82, 2.24) is 10.6 Å². The van der Waals surface area contributed by atoms with Crippen molar-refractivity contribution in [3.05, 3.63) is 46.7 Å². The molecule has 0 unspecified atom stereocenters. The van der Waals surface area contributed by atoms with Crippen molar-refractivity contribution in [3.8, 4) is 5.75 Å². The van der Waals surface area contributed by atoms with Crippen LogP contribution in [0.4, 0.5) is 5.69 Å². The van der Waals surface area contributed by atoms with Gasteiger partial charge in [0, 0.05) is 42.5 Å². The molecule has 164 valence electrons. The topological polar surface area (TPSA) is 74.8 Å². The minimum absolute atomic E-state index is 0. The number of carbonyl (C=O) groups excluding carboxylic acids is 1. The molecule has 30 heavy (non-hydrogen) atoms. The van der Waals surface area contributed by atoms with Crippen molar-refractivity contribution in [2.75, 3.05) is 25.0 Å². The van der Waals surface area contributed by atoms with Gasteiger partial charge >= 0.3 is 0 Å². The van der Waals surface area contributed by atoms with E-state index in [1.165, 1.54) is 4.88 Å². The van der Waals surface area contributed by atoms with Gasteiger partial charge in [-0.15, -0.1) is 35.3 Å². The van der Waals surface area contributed by atoms with Gasteiger partial charge in [0.2, 0.25) is 5.91 Å². The molecule has 1 amide bonds. The van der Waals surface area contributed by atoms with Crippen LogP contribution in [0.2, 0.25) is 0 Å². The van der Waals surface area contributed by atoms with Crippen LogP contribution in [0.15, 0.2) is 46.8 Å². The standard InChI is InChI=1S/C22H30N4O2S.HI/c1-16(2)28-19-9-7-18(8-10-19)26-22(24-12-11-20-4-3-15-29-20)25-14-13-23-21(27)17-5-6-17;/h3-4,7-10,15-17H,5-6,11-14H2,1-2H3,(H,23,27)(H2,24,25,26);1H. The molecule has 0 spiro atoms. The van der Waals surface area contributed by atoms with E-state index < -0.39 is 0 Å². The molecule has 8 heteroatoms. The fraction of sp³-hybridized carbons (Fsp3) is 0.455. The van der Waals surface area contributed by atoms with Gasteiger partial charge in [-0.2, -0.15) is 0 Å². The highest BCUT2D eigenvalue weighted by atomic mass is 127. The number of guanidine groups is 1. The number of hydrogen-bond acceptors (Lipinski definition) is 4. The predicted octanol–water partition coefficient (Wildman–Crippen LogP) is 4.28. The maximum Gasteiger partial charge on any atom is 0.223 e. The Morgan fingerprint density at radius 3 is 2.53 bits per heavy atom. The minimum Gasteiger partial charge on any atom is -0.491 e. The monoisotopic (exact) mass is 542 g/mol. The fourth-order valence-corrected chi connectivity index (χ4v) is 3.45. The molecule has 1 aromatic heterocycles. The number of benzene rings is 1. The van der Waals surface area contributed by atoms with Gasteiger partial charge in [-0.05, 0) is 62.4 Å². The number of aliphatic imine (C=N–C) groups is 1. The normalized spacial score (nSPS) is 13.5.